The van der Waals surface area contributed by atoms with Gasteiger partial charge in [0.2, 0.25) is 0 Å². The zero-order valence-electron chi connectivity index (χ0n) is 9.52. The zero-order valence-corrected chi connectivity index (χ0v) is 9.52. The molecule has 0 radical (unpaired) electrons. The molecule has 0 amide bonds. The van der Waals surface area contributed by atoms with Crippen LogP contribution in [-0.2, 0) is 6.42 Å². The Bertz CT molecular complexity index is 371. The second-order valence-corrected chi connectivity index (χ2v) is 5.13. The molecule has 2 N–H and O–H groups in total. The fraction of sp³-hybridized carbons (Fsp3) is 0.571. The van der Waals surface area contributed by atoms with Crippen LogP contribution >= 0.6 is 0 Å². The monoisotopic (exact) mass is 217 g/mol. The van der Waals surface area contributed by atoms with E-state index in [1.54, 1.807) is 0 Å². The third-order valence-electron chi connectivity index (χ3n) is 3.92. The molecule has 86 valence electrons. The highest BCUT2D eigenvalue weighted by molar-refractivity contribution is 5.32. The molecule has 1 aromatic rings. The highest BCUT2D eigenvalue weighted by Gasteiger charge is 2.30. The van der Waals surface area contributed by atoms with Crippen molar-refractivity contribution in [3.63, 3.8) is 0 Å². The van der Waals surface area contributed by atoms with Gasteiger partial charge in [0.15, 0.2) is 0 Å². The number of benzene rings is 1. The molecule has 1 unspecified atom stereocenters. The third-order valence-corrected chi connectivity index (χ3v) is 3.92. The molecule has 1 atom stereocenters. The molecule has 2 heteroatoms. The van der Waals surface area contributed by atoms with E-state index in [-0.39, 0.29) is 6.10 Å². The van der Waals surface area contributed by atoms with Gasteiger partial charge in [-0.05, 0) is 43.2 Å². The van der Waals surface area contributed by atoms with Crippen molar-refractivity contribution < 1.29 is 5.11 Å². The molecule has 3 rings (SSSR count). The van der Waals surface area contributed by atoms with Gasteiger partial charge in [-0.25, -0.2) is 0 Å². The van der Waals surface area contributed by atoms with Crippen molar-refractivity contribution in [2.75, 3.05) is 0 Å². The molecule has 0 spiro atoms. The van der Waals surface area contributed by atoms with Crippen molar-refractivity contribution in [2.24, 2.45) is 0 Å². The average molecular weight is 217 g/mol. The van der Waals surface area contributed by atoms with Crippen LogP contribution in [0.4, 0.5) is 0 Å². The number of rotatable bonds is 2. The Labute approximate surface area is 96.7 Å². The largest absolute Gasteiger partial charge is 0.393 e. The van der Waals surface area contributed by atoms with Crippen LogP contribution in [0, 0.1) is 0 Å². The van der Waals surface area contributed by atoms with Crippen LogP contribution in [0.5, 0.6) is 0 Å². The van der Waals surface area contributed by atoms with E-state index in [0.29, 0.717) is 12.1 Å². The van der Waals surface area contributed by atoms with Crippen molar-refractivity contribution >= 4 is 0 Å². The van der Waals surface area contributed by atoms with Crippen molar-refractivity contribution in [3.05, 3.63) is 35.4 Å². The topological polar surface area (TPSA) is 32.3 Å². The van der Waals surface area contributed by atoms with Crippen molar-refractivity contribution in [2.45, 2.75) is 50.3 Å². The molecule has 0 aromatic heterocycles. The molecule has 0 aliphatic heterocycles. The molecular formula is C14H19NO. The Morgan fingerprint density at radius 1 is 1.19 bits per heavy atom. The number of hydrogen-bond acceptors (Lipinski definition) is 2. The lowest BCUT2D eigenvalue weighted by Gasteiger charge is -2.37. The van der Waals surface area contributed by atoms with E-state index in [1.807, 2.05) is 0 Å². The van der Waals surface area contributed by atoms with Crippen LogP contribution in [0.2, 0.25) is 0 Å². The maximum absolute atomic E-state index is 9.30. The van der Waals surface area contributed by atoms with Crippen LogP contribution in [0.1, 0.15) is 42.9 Å². The molecule has 2 nitrogen and oxygen atoms in total. The van der Waals surface area contributed by atoms with Gasteiger partial charge < -0.3 is 10.4 Å². The molecule has 16 heavy (non-hydrogen) atoms. The summed E-state index contributed by atoms with van der Waals surface area (Å²) in [5, 5.41) is 13.0. The molecule has 0 saturated heterocycles. The number of nitrogens with one attached hydrogen (secondary N) is 1. The Morgan fingerprint density at radius 2 is 2.00 bits per heavy atom. The summed E-state index contributed by atoms with van der Waals surface area (Å²) in [5.41, 5.74) is 2.99. The molecule has 2 aliphatic carbocycles. The minimum atomic E-state index is -0.0589. The van der Waals surface area contributed by atoms with Crippen LogP contribution in [0.15, 0.2) is 24.3 Å². The highest BCUT2D eigenvalue weighted by atomic mass is 16.3. The number of hydrogen-bond donors (Lipinski definition) is 2. The smallest absolute Gasteiger partial charge is 0.0570 e. The lowest BCUT2D eigenvalue weighted by Crippen LogP contribution is -2.46. The molecule has 1 saturated carbocycles. The Kier molecular flexibility index (Phi) is 2.70. The fourth-order valence-electron chi connectivity index (χ4n) is 2.94. The quantitative estimate of drug-likeness (QED) is 0.795. The zero-order chi connectivity index (χ0) is 11.0. The fourth-order valence-corrected chi connectivity index (χ4v) is 2.94. The third kappa shape index (κ3) is 1.87. The number of aliphatic hydroxyl groups excluding tert-OH is 1. The second kappa shape index (κ2) is 4.19. The normalized spacial score (nSPS) is 32.9. The summed E-state index contributed by atoms with van der Waals surface area (Å²) in [6.45, 7) is 0. The number of fused-ring (bicyclic) bond motifs is 1. The maximum Gasteiger partial charge on any atom is 0.0570 e. The molecule has 1 fully saturated rings. The highest BCUT2D eigenvalue weighted by Crippen LogP contribution is 2.32. The maximum atomic E-state index is 9.30. The van der Waals surface area contributed by atoms with Crippen molar-refractivity contribution in [1.82, 2.24) is 5.32 Å². The Morgan fingerprint density at radius 3 is 2.81 bits per heavy atom. The van der Waals surface area contributed by atoms with Gasteiger partial charge in [0, 0.05) is 12.1 Å². The summed E-state index contributed by atoms with van der Waals surface area (Å²) in [5.74, 6) is 0. The van der Waals surface area contributed by atoms with E-state index in [2.05, 4.69) is 29.6 Å². The summed E-state index contributed by atoms with van der Waals surface area (Å²) in [6.07, 6.45) is 5.54. The van der Waals surface area contributed by atoms with Gasteiger partial charge in [0.05, 0.1) is 6.10 Å². The molecular weight excluding hydrogens is 198 g/mol. The lowest BCUT2D eigenvalue weighted by molar-refractivity contribution is 0.0566. The first-order chi connectivity index (χ1) is 7.83. The van der Waals surface area contributed by atoms with Crippen molar-refractivity contribution in [1.29, 1.82) is 0 Å². The van der Waals surface area contributed by atoms with E-state index in [4.69, 9.17) is 0 Å². The summed E-state index contributed by atoms with van der Waals surface area (Å²) < 4.78 is 0. The predicted molar refractivity (Wildman–Crippen MR) is 64.3 cm³/mol. The molecule has 1 aromatic carbocycles. The van der Waals surface area contributed by atoms with E-state index in [9.17, 15) is 5.11 Å². The molecule has 0 bridgehead atoms. The van der Waals surface area contributed by atoms with Crippen molar-refractivity contribution in [3.8, 4) is 0 Å². The van der Waals surface area contributed by atoms with E-state index in [0.717, 1.165) is 12.8 Å². The average Bonchev–Trinajstić information content (AvgIpc) is 2.27. The van der Waals surface area contributed by atoms with E-state index < -0.39 is 0 Å². The van der Waals surface area contributed by atoms with Gasteiger partial charge in [-0.1, -0.05) is 24.3 Å². The second-order valence-electron chi connectivity index (χ2n) is 5.13. The van der Waals surface area contributed by atoms with Gasteiger partial charge in [0.25, 0.3) is 0 Å². The predicted octanol–water partition coefficient (Wildman–Crippen LogP) is 2.18. The van der Waals surface area contributed by atoms with Crippen LogP contribution < -0.4 is 5.32 Å². The lowest BCUT2D eigenvalue weighted by atomic mass is 9.84. The van der Waals surface area contributed by atoms with Gasteiger partial charge in [-0.15, -0.1) is 0 Å². The summed E-state index contributed by atoms with van der Waals surface area (Å²) in [7, 11) is 0. The van der Waals surface area contributed by atoms with Gasteiger partial charge in [0.1, 0.15) is 0 Å². The van der Waals surface area contributed by atoms with Gasteiger partial charge >= 0.3 is 0 Å². The minimum absolute atomic E-state index is 0.0589. The summed E-state index contributed by atoms with van der Waals surface area (Å²) in [4.78, 5) is 0. The first kappa shape index (κ1) is 10.3. The Balaban J connectivity index is 1.72. The van der Waals surface area contributed by atoms with E-state index >= 15 is 0 Å². The SMILES string of the molecule is OC1CC(NC2CCCc3ccccc32)C1. The summed E-state index contributed by atoms with van der Waals surface area (Å²) >= 11 is 0. The Hall–Kier alpha value is -0.860. The number of aryl methyl sites for hydroxylation is 1. The first-order valence-electron chi connectivity index (χ1n) is 6.35. The number of aliphatic hydroxyl groups is 1. The molecule has 0 heterocycles. The van der Waals surface area contributed by atoms with Crippen LogP contribution in [0.3, 0.4) is 0 Å². The van der Waals surface area contributed by atoms with E-state index in [1.165, 1.54) is 30.4 Å². The van der Waals surface area contributed by atoms with Crippen LogP contribution in [-0.4, -0.2) is 17.3 Å². The summed E-state index contributed by atoms with van der Waals surface area (Å²) in [6, 6.07) is 9.82. The minimum Gasteiger partial charge on any atom is -0.393 e. The molecule has 2 aliphatic rings. The first-order valence-corrected chi connectivity index (χ1v) is 6.35. The van der Waals surface area contributed by atoms with Crippen LogP contribution in [0.25, 0.3) is 0 Å². The van der Waals surface area contributed by atoms with Gasteiger partial charge in [-0.3, -0.25) is 0 Å². The van der Waals surface area contributed by atoms with Gasteiger partial charge in [-0.2, -0.15) is 0 Å². The standard InChI is InChI=1S/C14H19NO/c16-12-8-11(9-12)15-14-7-3-5-10-4-1-2-6-13(10)14/h1-2,4,6,11-12,14-16H,3,5,7-9H2.